The van der Waals surface area contributed by atoms with Gasteiger partial charge in [-0.2, -0.15) is 0 Å². The quantitative estimate of drug-likeness (QED) is 0.687. The molecule has 3 N–H and O–H groups in total. The first-order valence-corrected chi connectivity index (χ1v) is 7.93. The fourth-order valence-electron chi connectivity index (χ4n) is 2.93. The van der Waals surface area contributed by atoms with Gasteiger partial charge in [0, 0.05) is 25.3 Å². The minimum atomic E-state index is -0.404. The standard InChI is InChI=1S/C17H24N2O3/c1-2-5-12(8-9-20)11-18-16(21)10-14-13-6-3-4-7-15(13)19-17(14)22/h3-4,6-7,12,14,20H,2,5,8-11H2,1H3,(H,18,21)(H,19,22). The molecular formula is C17H24N2O3. The number of fused-ring (bicyclic) bond motifs is 1. The van der Waals surface area contributed by atoms with Crippen LogP contribution < -0.4 is 10.6 Å². The van der Waals surface area contributed by atoms with Crippen LogP contribution >= 0.6 is 0 Å². The van der Waals surface area contributed by atoms with E-state index in [0.29, 0.717) is 18.9 Å². The van der Waals surface area contributed by atoms with Gasteiger partial charge >= 0.3 is 0 Å². The summed E-state index contributed by atoms with van der Waals surface area (Å²) in [5, 5.41) is 14.7. The summed E-state index contributed by atoms with van der Waals surface area (Å²) >= 11 is 0. The Bertz CT molecular complexity index is 524. The van der Waals surface area contributed by atoms with Crippen LogP contribution in [0.5, 0.6) is 0 Å². The zero-order valence-electron chi connectivity index (χ0n) is 13.0. The number of carbonyl (C=O) groups is 2. The molecule has 1 aromatic carbocycles. The van der Waals surface area contributed by atoms with E-state index < -0.39 is 5.92 Å². The zero-order chi connectivity index (χ0) is 15.9. The lowest BCUT2D eigenvalue weighted by molar-refractivity contribution is -0.125. The highest BCUT2D eigenvalue weighted by atomic mass is 16.3. The van der Waals surface area contributed by atoms with Crippen molar-refractivity contribution in [1.29, 1.82) is 0 Å². The third-order valence-electron chi connectivity index (χ3n) is 4.12. The fraction of sp³-hybridized carbons (Fsp3) is 0.529. The predicted molar refractivity (Wildman–Crippen MR) is 85.5 cm³/mol. The number of hydrogen-bond donors (Lipinski definition) is 3. The predicted octanol–water partition coefficient (Wildman–Crippen LogP) is 2.03. The minimum absolute atomic E-state index is 0.114. The molecule has 0 spiro atoms. The Labute approximate surface area is 131 Å². The van der Waals surface area contributed by atoms with E-state index in [1.54, 1.807) is 0 Å². The molecule has 0 aromatic heterocycles. The van der Waals surface area contributed by atoms with Gasteiger partial charge in [0.25, 0.3) is 0 Å². The van der Waals surface area contributed by atoms with Gasteiger partial charge in [-0.25, -0.2) is 0 Å². The number of benzene rings is 1. The second-order valence-corrected chi connectivity index (χ2v) is 5.80. The molecule has 1 aliphatic heterocycles. The van der Waals surface area contributed by atoms with Crippen molar-refractivity contribution in [1.82, 2.24) is 5.32 Å². The molecule has 0 aliphatic carbocycles. The van der Waals surface area contributed by atoms with Crippen LogP contribution in [-0.2, 0) is 9.59 Å². The first-order chi connectivity index (χ1) is 10.7. The molecule has 0 fully saturated rings. The van der Waals surface area contributed by atoms with Crippen LogP contribution in [-0.4, -0.2) is 30.1 Å². The molecule has 1 aromatic rings. The highest BCUT2D eigenvalue weighted by Gasteiger charge is 2.31. The van der Waals surface area contributed by atoms with Gasteiger partial charge in [-0.05, 0) is 30.4 Å². The van der Waals surface area contributed by atoms with Crippen molar-refractivity contribution in [2.75, 3.05) is 18.5 Å². The molecule has 5 nitrogen and oxygen atoms in total. The smallest absolute Gasteiger partial charge is 0.232 e. The van der Waals surface area contributed by atoms with Gasteiger partial charge in [0.15, 0.2) is 0 Å². The number of aliphatic hydroxyl groups excluding tert-OH is 1. The topological polar surface area (TPSA) is 78.4 Å². The third-order valence-corrected chi connectivity index (χ3v) is 4.12. The summed E-state index contributed by atoms with van der Waals surface area (Å²) in [5.74, 6) is -0.338. The highest BCUT2D eigenvalue weighted by molar-refractivity contribution is 6.04. The number of carbonyl (C=O) groups excluding carboxylic acids is 2. The summed E-state index contributed by atoms with van der Waals surface area (Å²) in [4.78, 5) is 24.1. The monoisotopic (exact) mass is 304 g/mol. The number of nitrogens with one attached hydrogen (secondary N) is 2. The van der Waals surface area contributed by atoms with E-state index in [1.165, 1.54) is 0 Å². The molecule has 5 heteroatoms. The largest absolute Gasteiger partial charge is 0.396 e. The van der Waals surface area contributed by atoms with Gasteiger partial charge < -0.3 is 15.7 Å². The average molecular weight is 304 g/mol. The Balaban J connectivity index is 1.88. The molecule has 22 heavy (non-hydrogen) atoms. The van der Waals surface area contributed by atoms with Crippen LogP contribution in [0.1, 0.15) is 44.1 Å². The van der Waals surface area contributed by atoms with Crippen LogP contribution in [0.25, 0.3) is 0 Å². The number of amides is 2. The van der Waals surface area contributed by atoms with Crippen molar-refractivity contribution in [3.8, 4) is 0 Å². The summed E-state index contributed by atoms with van der Waals surface area (Å²) in [6, 6.07) is 7.48. The Kier molecular flexibility index (Phi) is 5.95. The first-order valence-electron chi connectivity index (χ1n) is 7.93. The molecule has 2 amide bonds. The molecule has 2 rings (SSSR count). The molecule has 0 bridgehead atoms. The third kappa shape index (κ3) is 4.07. The molecule has 0 saturated heterocycles. The maximum Gasteiger partial charge on any atom is 0.232 e. The molecule has 2 unspecified atom stereocenters. The summed E-state index contributed by atoms with van der Waals surface area (Å²) < 4.78 is 0. The molecule has 0 saturated carbocycles. The molecule has 1 heterocycles. The molecule has 2 atom stereocenters. The molecule has 120 valence electrons. The Morgan fingerprint density at radius 3 is 2.86 bits per heavy atom. The first kappa shape index (κ1) is 16.5. The zero-order valence-corrected chi connectivity index (χ0v) is 13.0. The molecule has 1 aliphatic rings. The van der Waals surface area contributed by atoms with E-state index in [4.69, 9.17) is 5.11 Å². The van der Waals surface area contributed by atoms with Crippen molar-refractivity contribution in [3.05, 3.63) is 29.8 Å². The van der Waals surface area contributed by atoms with E-state index in [1.807, 2.05) is 24.3 Å². The Morgan fingerprint density at radius 1 is 1.36 bits per heavy atom. The summed E-state index contributed by atoms with van der Waals surface area (Å²) in [6.07, 6.45) is 2.87. The van der Waals surface area contributed by atoms with Crippen molar-refractivity contribution in [2.24, 2.45) is 5.92 Å². The van der Waals surface area contributed by atoms with Crippen molar-refractivity contribution in [3.63, 3.8) is 0 Å². The van der Waals surface area contributed by atoms with Crippen LogP contribution in [0.15, 0.2) is 24.3 Å². The SMILES string of the molecule is CCCC(CCO)CNC(=O)CC1C(=O)Nc2ccccc21. The van der Waals surface area contributed by atoms with Gasteiger partial charge in [0.2, 0.25) is 11.8 Å². The van der Waals surface area contributed by atoms with Crippen LogP contribution in [0.3, 0.4) is 0 Å². The van der Waals surface area contributed by atoms with Crippen LogP contribution in [0.2, 0.25) is 0 Å². The maximum absolute atomic E-state index is 12.1. The van der Waals surface area contributed by atoms with Gasteiger partial charge in [-0.3, -0.25) is 9.59 Å². The van der Waals surface area contributed by atoms with E-state index in [9.17, 15) is 9.59 Å². The number of hydrogen-bond acceptors (Lipinski definition) is 3. The van der Waals surface area contributed by atoms with Crippen molar-refractivity contribution in [2.45, 2.75) is 38.5 Å². The fourth-order valence-corrected chi connectivity index (χ4v) is 2.93. The van der Waals surface area contributed by atoms with E-state index in [2.05, 4.69) is 17.6 Å². The van der Waals surface area contributed by atoms with Crippen molar-refractivity contribution >= 4 is 17.5 Å². The summed E-state index contributed by atoms with van der Waals surface area (Å²) in [6.45, 7) is 2.79. The van der Waals surface area contributed by atoms with E-state index >= 15 is 0 Å². The van der Waals surface area contributed by atoms with Gasteiger partial charge in [-0.1, -0.05) is 31.5 Å². The van der Waals surface area contributed by atoms with Crippen LogP contribution in [0.4, 0.5) is 5.69 Å². The lowest BCUT2D eigenvalue weighted by Gasteiger charge is -2.16. The molecule has 0 radical (unpaired) electrons. The average Bonchev–Trinajstić information content (AvgIpc) is 2.81. The highest BCUT2D eigenvalue weighted by Crippen LogP contribution is 2.34. The number of aliphatic hydroxyl groups is 1. The van der Waals surface area contributed by atoms with Crippen LogP contribution in [0, 0.1) is 5.92 Å². The Hall–Kier alpha value is -1.88. The lowest BCUT2D eigenvalue weighted by Crippen LogP contribution is -2.31. The number of anilines is 1. The normalized spacial score (nSPS) is 17.7. The van der Waals surface area contributed by atoms with Gasteiger partial charge in [0.1, 0.15) is 0 Å². The second kappa shape index (κ2) is 7.94. The maximum atomic E-state index is 12.1. The molecular weight excluding hydrogens is 280 g/mol. The number of para-hydroxylation sites is 1. The summed E-state index contributed by atoms with van der Waals surface area (Å²) in [5.41, 5.74) is 1.69. The van der Waals surface area contributed by atoms with Crippen molar-refractivity contribution < 1.29 is 14.7 Å². The van der Waals surface area contributed by atoms with E-state index in [-0.39, 0.29) is 24.8 Å². The van der Waals surface area contributed by atoms with Gasteiger partial charge in [-0.15, -0.1) is 0 Å². The number of rotatable bonds is 8. The van der Waals surface area contributed by atoms with Gasteiger partial charge in [0.05, 0.1) is 5.92 Å². The second-order valence-electron chi connectivity index (χ2n) is 5.80. The Morgan fingerprint density at radius 2 is 2.14 bits per heavy atom. The minimum Gasteiger partial charge on any atom is -0.396 e. The summed E-state index contributed by atoms with van der Waals surface area (Å²) in [7, 11) is 0. The lowest BCUT2D eigenvalue weighted by atomic mass is 9.96. The van der Waals surface area contributed by atoms with E-state index in [0.717, 1.165) is 24.1 Å².